The number of hydrogen-bond acceptors (Lipinski definition) is 1. The van der Waals surface area contributed by atoms with Gasteiger partial charge in [-0.15, -0.1) is 0 Å². The second-order valence-electron chi connectivity index (χ2n) is 3.38. The Morgan fingerprint density at radius 1 is 1.67 bits per heavy atom. The van der Waals surface area contributed by atoms with Crippen molar-refractivity contribution in [3.05, 3.63) is 11.6 Å². The highest BCUT2D eigenvalue weighted by Gasteiger charge is 2.15. The molecule has 0 aromatic rings. The first-order chi connectivity index (χ1) is 4.08. The van der Waals surface area contributed by atoms with Crippen LogP contribution in [0.25, 0.3) is 0 Å². The average molecular weight is 126 g/mol. The van der Waals surface area contributed by atoms with Crippen LogP contribution in [0, 0.1) is 0 Å². The predicted octanol–water partition coefficient (Wildman–Crippen LogP) is 1.87. The molecule has 0 unspecified atom stereocenters. The smallest absolute Gasteiger partial charge is 0.0594 e. The van der Waals surface area contributed by atoms with Crippen LogP contribution in [0.15, 0.2) is 11.6 Å². The van der Waals surface area contributed by atoms with Crippen molar-refractivity contribution in [2.45, 2.75) is 38.7 Å². The van der Waals surface area contributed by atoms with E-state index >= 15 is 0 Å². The second kappa shape index (κ2) is 2.14. The standard InChI is InChI=1S/C8H14O/c1-8(2,9)6-5-7-3-4-7/h3,9H,4-6H2,1-2H3. The van der Waals surface area contributed by atoms with E-state index in [0.29, 0.717) is 0 Å². The molecule has 0 bridgehead atoms. The lowest BCUT2D eigenvalue weighted by Crippen LogP contribution is -2.17. The molecule has 0 aromatic heterocycles. The Bertz CT molecular complexity index is 128. The maximum absolute atomic E-state index is 9.27. The maximum Gasteiger partial charge on any atom is 0.0594 e. The number of hydrogen-bond donors (Lipinski definition) is 1. The van der Waals surface area contributed by atoms with Gasteiger partial charge >= 0.3 is 0 Å². The molecule has 0 aromatic carbocycles. The molecule has 0 fully saturated rings. The summed E-state index contributed by atoms with van der Waals surface area (Å²) in [5, 5.41) is 9.27. The van der Waals surface area contributed by atoms with Gasteiger partial charge in [0.1, 0.15) is 0 Å². The summed E-state index contributed by atoms with van der Waals surface area (Å²) in [5.41, 5.74) is 1.04. The number of rotatable bonds is 3. The first-order valence-corrected chi connectivity index (χ1v) is 3.48. The van der Waals surface area contributed by atoms with Gasteiger partial charge in [-0.05, 0) is 33.1 Å². The zero-order chi connectivity index (χ0) is 6.91. The molecule has 52 valence electrons. The normalized spacial score (nSPS) is 17.4. The summed E-state index contributed by atoms with van der Waals surface area (Å²) in [6.07, 6.45) is 5.39. The van der Waals surface area contributed by atoms with E-state index in [9.17, 15) is 5.11 Å². The summed E-state index contributed by atoms with van der Waals surface area (Å²) in [4.78, 5) is 0. The van der Waals surface area contributed by atoms with Crippen LogP contribution in [0.2, 0.25) is 0 Å². The molecule has 0 saturated carbocycles. The molecular formula is C8H14O. The lowest BCUT2D eigenvalue weighted by molar-refractivity contribution is 0.0716. The number of allylic oxidation sites excluding steroid dienone is 2. The van der Waals surface area contributed by atoms with Crippen LogP contribution in [0.4, 0.5) is 0 Å². The van der Waals surface area contributed by atoms with Crippen molar-refractivity contribution in [3.8, 4) is 0 Å². The molecule has 1 aliphatic carbocycles. The zero-order valence-electron chi connectivity index (χ0n) is 6.15. The molecule has 1 rings (SSSR count). The molecule has 0 amide bonds. The Morgan fingerprint density at radius 2 is 2.22 bits per heavy atom. The van der Waals surface area contributed by atoms with E-state index < -0.39 is 5.60 Å². The Hall–Kier alpha value is -0.300. The van der Waals surface area contributed by atoms with Gasteiger partial charge in [-0.25, -0.2) is 0 Å². The molecule has 1 N–H and O–H groups in total. The molecule has 1 nitrogen and oxygen atoms in total. The molecular weight excluding hydrogens is 112 g/mol. The molecule has 0 radical (unpaired) electrons. The molecule has 0 saturated heterocycles. The summed E-state index contributed by atoms with van der Waals surface area (Å²) in [7, 11) is 0. The van der Waals surface area contributed by atoms with Crippen molar-refractivity contribution in [3.63, 3.8) is 0 Å². The first-order valence-electron chi connectivity index (χ1n) is 3.48. The third kappa shape index (κ3) is 3.31. The van der Waals surface area contributed by atoms with Gasteiger partial charge < -0.3 is 5.11 Å². The molecule has 9 heavy (non-hydrogen) atoms. The van der Waals surface area contributed by atoms with Crippen molar-refractivity contribution >= 4 is 0 Å². The van der Waals surface area contributed by atoms with E-state index in [1.54, 1.807) is 0 Å². The van der Waals surface area contributed by atoms with E-state index in [1.807, 2.05) is 13.8 Å². The fraction of sp³-hybridized carbons (Fsp3) is 0.750. The van der Waals surface area contributed by atoms with Gasteiger partial charge in [0.2, 0.25) is 0 Å². The summed E-state index contributed by atoms with van der Waals surface area (Å²) < 4.78 is 0. The van der Waals surface area contributed by atoms with Crippen LogP contribution < -0.4 is 0 Å². The highest BCUT2D eigenvalue weighted by molar-refractivity contribution is 5.21. The van der Waals surface area contributed by atoms with Crippen molar-refractivity contribution in [2.75, 3.05) is 0 Å². The van der Waals surface area contributed by atoms with Crippen molar-refractivity contribution in [2.24, 2.45) is 0 Å². The fourth-order valence-electron chi connectivity index (χ4n) is 0.743. The van der Waals surface area contributed by atoms with E-state index in [4.69, 9.17) is 0 Å². The number of aliphatic hydroxyl groups is 1. The van der Waals surface area contributed by atoms with Crippen LogP contribution in [0.5, 0.6) is 0 Å². The first kappa shape index (κ1) is 6.81. The molecule has 0 aliphatic heterocycles. The minimum atomic E-state index is -0.469. The van der Waals surface area contributed by atoms with Gasteiger partial charge in [-0.2, -0.15) is 0 Å². The van der Waals surface area contributed by atoms with Crippen LogP contribution in [-0.2, 0) is 0 Å². The lowest BCUT2D eigenvalue weighted by atomic mass is 10.0. The van der Waals surface area contributed by atoms with Gasteiger partial charge in [-0.3, -0.25) is 0 Å². The Morgan fingerprint density at radius 3 is 2.56 bits per heavy atom. The summed E-state index contributed by atoms with van der Waals surface area (Å²) in [6.45, 7) is 3.71. The Labute approximate surface area is 56.4 Å². The summed E-state index contributed by atoms with van der Waals surface area (Å²) >= 11 is 0. The van der Waals surface area contributed by atoms with Crippen LogP contribution in [0.1, 0.15) is 33.1 Å². The van der Waals surface area contributed by atoms with Crippen molar-refractivity contribution in [1.82, 2.24) is 0 Å². The summed E-state index contributed by atoms with van der Waals surface area (Å²) in [6, 6.07) is 0. The molecule has 1 heteroatoms. The van der Waals surface area contributed by atoms with Crippen molar-refractivity contribution in [1.29, 1.82) is 0 Å². The predicted molar refractivity (Wildman–Crippen MR) is 38.2 cm³/mol. The van der Waals surface area contributed by atoms with E-state index in [2.05, 4.69) is 6.08 Å². The third-order valence-corrected chi connectivity index (χ3v) is 1.55. The monoisotopic (exact) mass is 126 g/mol. The summed E-state index contributed by atoms with van der Waals surface area (Å²) in [5.74, 6) is 0. The van der Waals surface area contributed by atoms with E-state index in [-0.39, 0.29) is 0 Å². The van der Waals surface area contributed by atoms with Gasteiger partial charge in [0.15, 0.2) is 0 Å². The van der Waals surface area contributed by atoms with Gasteiger partial charge in [0.05, 0.1) is 5.60 Å². The Kier molecular flexibility index (Phi) is 1.62. The molecule has 0 atom stereocenters. The van der Waals surface area contributed by atoms with Crippen molar-refractivity contribution < 1.29 is 5.11 Å². The van der Waals surface area contributed by atoms with Gasteiger partial charge in [0.25, 0.3) is 0 Å². The minimum absolute atomic E-state index is 0.469. The average Bonchev–Trinajstić information content (AvgIpc) is 2.38. The molecule has 1 aliphatic rings. The minimum Gasteiger partial charge on any atom is -0.390 e. The Balaban J connectivity index is 2.10. The van der Waals surface area contributed by atoms with Crippen LogP contribution >= 0.6 is 0 Å². The van der Waals surface area contributed by atoms with Crippen LogP contribution in [-0.4, -0.2) is 10.7 Å². The zero-order valence-corrected chi connectivity index (χ0v) is 6.15. The van der Waals surface area contributed by atoms with Crippen LogP contribution in [0.3, 0.4) is 0 Å². The highest BCUT2D eigenvalue weighted by atomic mass is 16.3. The third-order valence-electron chi connectivity index (χ3n) is 1.55. The maximum atomic E-state index is 9.27. The largest absolute Gasteiger partial charge is 0.390 e. The van der Waals surface area contributed by atoms with Gasteiger partial charge in [-0.1, -0.05) is 11.6 Å². The van der Waals surface area contributed by atoms with E-state index in [1.165, 1.54) is 12.0 Å². The van der Waals surface area contributed by atoms with E-state index in [0.717, 1.165) is 12.8 Å². The SMILES string of the molecule is CC(C)(O)CCC1=CC1. The topological polar surface area (TPSA) is 20.2 Å². The lowest BCUT2D eigenvalue weighted by Gasteiger charge is -2.15. The van der Waals surface area contributed by atoms with Gasteiger partial charge in [0, 0.05) is 0 Å². The quantitative estimate of drug-likeness (QED) is 0.572. The second-order valence-corrected chi connectivity index (χ2v) is 3.38. The highest BCUT2D eigenvalue weighted by Crippen LogP contribution is 2.26. The molecule has 0 spiro atoms. The molecule has 0 heterocycles. The fourth-order valence-corrected chi connectivity index (χ4v) is 0.743.